The summed E-state index contributed by atoms with van der Waals surface area (Å²) in [6, 6.07) is 7.79. The molecule has 0 aliphatic carbocycles. The minimum absolute atomic E-state index is 0.143. The van der Waals surface area contributed by atoms with Crippen molar-refractivity contribution >= 4 is 33.2 Å². The van der Waals surface area contributed by atoms with Gasteiger partial charge in [0.15, 0.2) is 0 Å². The van der Waals surface area contributed by atoms with Gasteiger partial charge in [-0.05, 0) is 34.1 Å². The fourth-order valence-corrected chi connectivity index (χ4v) is 2.25. The van der Waals surface area contributed by atoms with Gasteiger partial charge in [0.05, 0.1) is 22.4 Å². The Hall–Kier alpha value is -2.28. The van der Waals surface area contributed by atoms with E-state index in [0.717, 1.165) is 0 Å². The third-order valence-electron chi connectivity index (χ3n) is 2.74. The molecule has 0 saturated heterocycles. The maximum Gasteiger partial charge on any atom is 0.284 e. The molecule has 1 aromatic heterocycles. The highest BCUT2D eigenvalue weighted by molar-refractivity contribution is 9.10. The second kappa shape index (κ2) is 5.79. The molecule has 0 unspecified atom stereocenters. The predicted molar refractivity (Wildman–Crippen MR) is 77.8 cm³/mol. The average molecular weight is 336 g/mol. The Morgan fingerprint density at radius 1 is 1.35 bits per heavy atom. The molecule has 0 aliphatic rings. The second-order valence-electron chi connectivity index (χ2n) is 3.97. The molecule has 2 aromatic rings. The Balaban J connectivity index is 2.40. The number of amides is 1. The molecular weight excluding hydrogens is 326 g/mol. The van der Waals surface area contributed by atoms with E-state index in [9.17, 15) is 14.9 Å². The molecule has 0 N–H and O–H groups in total. The van der Waals surface area contributed by atoms with E-state index in [4.69, 9.17) is 0 Å². The van der Waals surface area contributed by atoms with Gasteiger partial charge in [-0.3, -0.25) is 19.9 Å². The Morgan fingerprint density at radius 3 is 2.70 bits per heavy atom. The normalized spacial score (nSPS) is 10.1. The average Bonchev–Trinajstić information content (AvgIpc) is 2.46. The van der Waals surface area contributed by atoms with Crippen LogP contribution >= 0.6 is 15.9 Å². The minimum Gasteiger partial charge on any atom is -0.310 e. The third kappa shape index (κ3) is 2.67. The number of hydrogen-bond acceptors (Lipinski definition) is 4. The molecule has 102 valence electrons. The minimum atomic E-state index is -0.537. The standard InChI is InChI=1S/C13H10BrN3O3/c1-16(9-4-3-7-15-8-9)13(18)10-5-2-6-11(12(10)14)17(19)20/h2-8H,1H3. The summed E-state index contributed by atoms with van der Waals surface area (Å²) in [4.78, 5) is 28.0. The van der Waals surface area contributed by atoms with Crippen LogP contribution in [-0.4, -0.2) is 22.9 Å². The van der Waals surface area contributed by atoms with Gasteiger partial charge in [0, 0.05) is 19.3 Å². The van der Waals surface area contributed by atoms with Gasteiger partial charge < -0.3 is 4.90 Å². The quantitative estimate of drug-likeness (QED) is 0.638. The smallest absolute Gasteiger partial charge is 0.284 e. The van der Waals surface area contributed by atoms with Crippen molar-refractivity contribution in [1.29, 1.82) is 0 Å². The van der Waals surface area contributed by atoms with Crippen LogP contribution in [0.3, 0.4) is 0 Å². The molecule has 6 nitrogen and oxygen atoms in total. The van der Waals surface area contributed by atoms with Gasteiger partial charge in [0.25, 0.3) is 11.6 Å². The molecule has 0 spiro atoms. The zero-order chi connectivity index (χ0) is 14.7. The lowest BCUT2D eigenvalue weighted by molar-refractivity contribution is -0.385. The first-order chi connectivity index (χ1) is 9.52. The Labute approximate surface area is 123 Å². The van der Waals surface area contributed by atoms with Gasteiger partial charge in [-0.25, -0.2) is 0 Å². The molecule has 7 heteroatoms. The number of aromatic nitrogens is 1. The summed E-state index contributed by atoms with van der Waals surface area (Å²) >= 11 is 3.12. The third-order valence-corrected chi connectivity index (χ3v) is 3.58. The highest BCUT2D eigenvalue weighted by Gasteiger charge is 2.22. The first-order valence-corrected chi connectivity index (χ1v) is 6.42. The van der Waals surface area contributed by atoms with Crippen molar-refractivity contribution in [3.63, 3.8) is 0 Å². The van der Waals surface area contributed by atoms with Crippen molar-refractivity contribution in [3.8, 4) is 0 Å². The molecule has 20 heavy (non-hydrogen) atoms. The van der Waals surface area contributed by atoms with Crippen LogP contribution in [0.15, 0.2) is 47.2 Å². The van der Waals surface area contributed by atoms with Gasteiger partial charge in [0.2, 0.25) is 0 Å². The molecule has 0 radical (unpaired) electrons. The van der Waals surface area contributed by atoms with E-state index >= 15 is 0 Å². The van der Waals surface area contributed by atoms with Crippen molar-refractivity contribution < 1.29 is 9.72 Å². The van der Waals surface area contributed by atoms with Crippen molar-refractivity contribution in [3.05, 3.63) is 62.9 Å². The first-order valence-electron chi connectivity index (χ1n) is 5.63. The van der Waals surface area contributed by atoms with Crippen LogP contribution in [0.2, 0.25) is 0 Å². The zero-order valence-corrected chi connectivity index (χ0v) is 12.1. The van der Waals surface area contributed by atoms with Crippen LogP contribution in [0.4, 0.5) is 11.4 Å². The van der Waals surface area contributed by atoms with E-state index in [0.29, 0.717) is 5.69 Å². The first kappa shape index (κ1) is 14.1. The van der Waals surface area contributed by atoms with Crippen molar-refractivity contribution in [2.24, 2.45) is 0 Å². The van der Waals surface area contributed by atoms with E-state index in [1.54, 1.807) is 31.6 Å². The molecule has 0 saturated carbocycles. The van der Waals surface area contributed by atoms with Gasteiger partial charge in [0.1, 0.15) is 4.47 Å². The topological polar surface area (TPSA) is 76.3 Å². The number of nitro groups is 1. The van der Waals surface area contributed by atoms with E-state index in [2.05, 4.69) is 20.9 Å². The molecule has 0 aliphatic heterocycles. The van der Waals surface area contributed by atoms with E-state index in [1.165, 1.54) is 23.1 Å². The lowest BCUT2D eigenvalue weighted by atomic mass is 10.1. The summed E-state index contributed by atoms with van der Waals surface area (Å²) in [6.07, 6.45) is 3.15. The molecule has 0 atom stereocenters. The monoisotopic (exact) mass is 335 g/mol. The van der Waals surface area contributed by atoms with Crippen LogP contribution in [0.25, 0.3) is 0 Å². The van der Waals surface area contributed by atoms with E-state index < -0.39 is 4.92 Å². The maximum absolute atomic E-state index is 12.4. The number of halogens is 1. The van der Waals surface area contributed by atoms with Gasteiger partial charge in [-0.15, -0.1) is 0 Å². The zero-order valence-electron chi connectivity index (χ0n) is 10.5. The predicted octanol–water partition coefficient (Wildman–Crippen LogP) is 3.03. The Morgan fingerprint density at radius 2 is 2.10 bits per heavy atom. The Kier molecular flexibility index (Phi) is 4.09. The number of anilines is 1. The van der Waals surface area contributed by atoms with Crippen LogP contribution in [-0.2, 0) is 0 Å². The number of pyridine rings is 1. The van der Waals surface area contributed by atoms with Gasteiger partial charge in [-0.1, -0.05) is 6.07 Å². The molecule has 1 aromatic carbocycles. The highest BCUT2D eigenvalue weighted by Crippen LogP contribution is 2.29. The maximum atomic E-state index is 12.4. The van der Waals surface area contributed by atoms with Gasteiger partial charge >= 0.3 is 0 Å². The fraction of sp³-hybridized carbons (Fsp3) is 0.0769. The number of carbonyl (C=O) groups is 1. The molecule has 1 heterocycles. The summed E-state index contributed by atoms with van der Waals surface area (Å²) in [5.41, 5.74) is 0.692. The largest absolute Gasteiger partial charge is 0.310 e. The van der Waals surface area contributed by atoms with Crippen LogP contribution in [0.5, 0.6) is 0 Å². The highest BCUT2D eigenvalue weighted by atomic mass is 79.9. The molecule has 2 rings (SSSR count). The van der Waals surface area contributed by atoms with E-state index in [1.807, 2.05) is 0 Å². The summed E-state index contributed by atoms with van der Waals surface area (Å²) in [6.45, 7) is 0. The second-order valence-corrected chi connectivity index (χ2v) is 4.76. The van der Waals surface area contributed by atoms with Gasteiger partial charge in [-0.2, -0.15) is 0 Å². The summed E-state index contributed by atoms with van der Waals surface area (Å²) in [7, 11) is 1.59. The molecular formula is C13H10BrN3O3. The molecule has 0 fully saturated rings. The fourth-order valence-electron chi connectivity index (χ4n) is 1.68. The number of benzene rings is 1. The van der Waals surface area contributed by atoms with Crippen molar-refractivity contribution in [2.75, 3.05) is 11.9 Å². The summed E-state index contributed by atoms with van der Waals surface area (Å²) in [5.74, 6) is -0.353. The number of carbonyl (C=O) groups excluding carboxylic acids is 1. The molecule has 0 bridgehead atoms. The summed E-state index contributed by atoms with van der Waals surface area (Å²) in [5, 5.41) is 10.9. The molecule has 1 amide bonds. The number of rotatable bonds is 3. The number of hydrogen-bond donors (Lipinski definition) is 0. The summed E-state index contributed by atoms with van der Waals surface area (Å²) < 4.78 is 0.172. The van der Waals surface area contributed by atoms with Crippen molar-refractivity contribution in [1.82, 2.24) is 4.98 Å². The van der Waals surface area contributed by atoms with Crippen molar-refractivity contribution in [2.45, 2.75) is 0 Å². The lowest BCUT2D eigenvalue weighted by Gasteiger charge is -2.17. The van der Waals surface area contributed by atoms with Crippen LogP contribution in [0, 0.1) is 10.1 Å². The van der Waals surface area contributed by atoms with Crippen LogP contribution < -0.4 is 4.90 Å². The lowest BCUT2D eigenvalue weighted by Crippen LogP contribution is -2.26. The van der Waals surface area contributed by atoms with Crippen LogP contribution in [0.1, 0.15) is 10.4 Å². The van der Waals surface area contributed by atoms with E-state index in [-0.39, 0.29) is 21.6 Å². The number of nitrogens with zero attached hydrogens (tertiary/aromatic N) is 3. The number of nitro benzene ring substituents is 1. The Bertz CT molecular complexity index is 661. The SMILES string of the molecule is CN(C(=O)c1cccc([N+](=O)[O-])c1Br)c1cccnc1.